The number of rotatable bonds is 1. The molecule has 2 nitrogen and oxygen atoms in total. The Morgan fingerprint density at radius 3 is 2.83 bits per heavy atom. The third-order valence-electron chi connectivity index (χ3n) is 4.30. The maximum atomic E-state index is 15.1. The average molecular weight is 257 g/mol. The van der Waals surface area contributed by atoms with Crippen molar-refractivity contribution >= 4 is 0 Å². The first kappa shape index (κ1) is 12.0. The van der Waals surface area contributed by atoms with Gasteiger partial charge in [0.15, 0.2) is 5.67 Å². The topological polar surface area (TPSA) is 12.5 Å². The first-order valence-corrected chi connectivity index (χ1v) is 6.07. The van der Waals surface area contributed by atoms with Crippen LogP contribution in [-0.2, 0) is 10.4 Å². The van der Waals surface area contributed by atoms with Crippen LogP contribution in [0.3, 0.4) is 0 Å². The summed E-state index contributed by atoms with van der Waals surface area (Å²) in [6, 6.07) is 5.69. The third kappa shape index (κ3) is 1.26. The van der Waals surface area contributed by atoms with Gasteiger partial charge in [0.2, 0.25) is 0 Å². The minimum Gasteiger partial charge on any atom is -0.263 e. The molecule has 1 aliphatic carbocycles. The zero-order valence-corrected chi connectivity index (χ0v) is 10.00. The van der Waals surface area contributed by atoms with E-state index in [1.165, 1.54) is 25.1 Å². The summed E-state index contributed by atoms with van der Waals surface area (Å²) in [5, 5.41) is -0.00472. The van der Waals surface area contributed by atoms with Gasteiger partial charge in [-0.25, -0.2) is 8.78 Å². The molecule has 1 heterocycles. The highest BCUT2D eigenvalue weighted by Crippen LogP contribution is 2.57. The summed E-state index contributed by atoms with van der Waals surface area (Å²) in [6.07, 6.45) is 0.440. The zero-order chi connectivity index (χ0) is 13.0. The summed E-state index contributed by atoms with van der Waals surface area (Å²) >= 11 is 0. The third-order valence-corrected chi connectivity index (χ3v) is 4.30. The van der Waals surface area contributed by atoms with E-state index in [-0.39, 0.29) is 17.3 Å². The molecule has 5 heteroatoms. The standard InChI is InChI=1S/C13H14F3NO/c1-12(9-5-2-3-6-10(9)14)13(15)8-4-7-11(13)18-17(12)16/h2-3,5-6,11H,4,7-8H2,1H3. The van der Waals surface area contributed by atoms with Crippen molar-refractivity contribution in [3.05, 3.63) is 35.6 Å². The van der Waals surface area contributed by atoms with E-state index < -0.39 is 23.1 Å². The van der Waals surface area contributed by atoms with Gasteiger partial charge in [-0.3, -0.25) is 4.84 Å². The molecular formula is C13H14F3NO. The fourth-order valence-corrected chi connectivity index (χ4v) is 3.17. The summed E-state index contributed by atoms with van der Waals surface area (Å²) in [5.41, 5.74) is -3.61. The van der Waals surface area contributed by atoms with Crippen LogP contribution < -0.4 is 0 Å². The van der Waals surface area contributed by atoms with Gasteiger partial charge in [0.25, 0.3) is 0 Å². The lowest BCUT2D eigenvalue weighted by molar-refractivity contribution is -0.309. The van der Waals surface area contributed by atoms with Gasteiger partial charge in [-0.05, 0) is 37.5 Å². The van der Waals surface area contributed by atoms with Crippen molar-refractivity contribution < 1.29 is 18.1 Å². The first-order valence-electron chi connectivity index (χ1n) is 6.07. The van der Waals surface area contributed by atoms with Crippen LogP contribution in [0.1, 0.15) is 31.7 Å². The second-order valence-corrected chi connectivity index (χ2v) is 5.15. The molecule has 18 heavy (non-hydrogen) atoms. The van der Waals surface area contributed by atoms with Gasteiger partial charge >= 0.3 is 0 Å². The predicted octanol–water partition coefficient (Wildman–Crippen LogP) is 3.43. The molecule has 0 N–H and O–H groups in total. The summed E-state index contributed by atoms with van der Waals surface area (Å²) in [6.45, 7) is 1.36. The van der Waals surface area contributed by atoms with Crippen LogP contribution in [0.15, 0.2) is 24.3 Å². The van der Waals surface area contributed by atoms with E-state index in [1.54, 1.807) is 6.07 Å². The number of benzene rings is 1. The van der Waals surface area contributed by atoms with Crippen molar-refractivity contribution in [2.45, 2.75) is 43.5 Å². The number of halogens is 3. The SMILES string of the molecule is CC1(c2ccccc2F)N(F)OC2CCCC21F. The Balaban J connectivity index is 2.16. The van der Waals surface area contributed by atoms with Crippen molar-refractivity contribution in [2.24, 2.45) is 0 Å². The molecule has 1 saturated carbocycles. The van der Waals surface area contributed by atoms with Crippen molar-refractivity contribution in [2.75, 3.05) is 0 Å². The van der Waals surface area contributed by atoms with E-state index in [0.717, 1.165) is 0 Å². The Morgan fingerprint density at radius 2 is 2.11 bits per heavy atom. The second kappa shape index (κ2) is 3.71. The zero-order valence-electron chi connectivity index (χ0n) is 10.00. The Hall–Kier alpha value is -1.07. The average Bonchev–Trinajstić information content (AvgIpc) is 2.79. The summed E-state index contributed by atoms with van der Waals surface area (Å²) < 4.78 is 43.0. The van der Waals surface area contributed by atoms with Gasteiger partial charge in [-0.15, -0.1) is 4.48 Å². The second-order valence-electron chi connectivity index (χ2n) is 5.15. The van der Waals surface area contributed by atoms with E-state index in [0.29, 0.717) is 12.8 Å². The van der Waals surface area contributed by atoms with E-state index in [1.807, 2.05) is 0 Å². The van der Waals surface area contributed by atoms with Crippen molar-refractivity contribution in [3.8, 4) is 0 Å². The van der Waals surface area contributed by atoms with Gasteiger partial charge in [0.1, 0.15) is 17.5 Å². The molecule has 98 valence electrons. The minimum atomic E-state index is -1.88. The molecule has 1 aromatic rings. The van der Waals surface area contributed by atoms with Crippen LogP contribution >= 0.6 is 0 Å². The number of alkyl halides is 1. The molecule has 0 aromatic heterocycles. The predicted molar refractivity (Wildman–Crippen MR) is 59.3 cm³/mol. The molecule has 3 unspecified atom stereocenters. The Bertz CT molecular complexity index is 483. The van der Waals surface area contributed by atoms with E-state index in [2.05, 4.69) is 0 Å². The van der Waals surface area contributed by atoms with Gasteiger partial charge in [0.05, 0.1) is 0 Å². The van der Waals surface area contributed by atoms with Crippen LogP contribution in [0, 0.1) is 5.82 Å². The van der Waals surface area contributed by atoms with Crippen molar-refractivity contribution in [1.82, 2.24) is 5.29 Å². The quantitative estimate of drug-likeness (QED) is 0.715. The van der Waals surface area contributed by atoms with Crippen molar-refractivity contribution in [1.29, 1.82) is 0 Å². The highest BCUT2D eigenvalue weighted by molar-refractivity contribution is 5.32. The molecule has 3 rings (SSSR count). The van der Waals surface area contributed by atoms with Crippen LogP contribution in [-0.4, -0.2) is 17.1 Å². The van der Waals surface area contributed by atoms with Crippen LogP contribution in [0.2, 0.25) is 0 Å². The molecule has 0 amide bonds. The van der Waals surface area contributed by atoms with Gasteiger partial charge < -0.3 is 0 Å². The smallest absolute Gasteiger partial charge is 0.166 e. The number of hydrogen-bond acceptors (Lipinski definition) is 2. The molecule has 0 bridgehead atoms. The van der Waals surface area contributed by atoms with E-state index >= 15 is 4.39 Å². The van der Waals surface area contributed by atoms with Crippen molar-refractivity contribution in [3.63, 3.8) is 0 Å². The molecule has 1 aliphatic heterocycles. The summed E-state index contributed by atoms with van der Waals surface area (Å²) in [7, 11) is 0. The number of fused-ring (bicyclic) bond motifs is 1. The summed E-state index contributed by atoms with van der Waals surface area (Å²) in [4.78, 5) is 4.94. The van der Waals surface area contributed by atoms with Gasteiger partial charge in [0, 0.05) is 5.56 Å². The highest BCUT2D eigenvalue weighted by atomic mass is 19.2. The van der Waals surface area contributed by atoms with Crippen LogP contribution in [0.5, 0.6) is 0 Å². The highest BCUT2D eigenvalue weighted by Gasteiger charge is 2.68. The summed E-state index contributed by atoms with van der Waals surface area (Å²) in [5.74, 6) is -0.615. The molecule has 1 aromatic carbocycles. The lowest BCUT2D eigenvalue weighted by Crippen LogP contribution is -2.50. The number of nitrogens with zero attached hydrogens (tertiary/aromatic N) is 1. The Morgan fingerprint density at radius 1 is 1.39 bits per heavy atom. The lowest BCUT2D eigenvalue weighted by Gasteiger charge is -2.36. The molecule has 0 spiro atoms. The van der Waals surface area contributed by atoms with Crippen LogP contribution in [0.4, 0.5) is 13.3 Å². The number of hydrogen-bond donors (Lipinski definition) is 0. The number of hydroxylamine groups is 1. The molecular weight excluding hydrogens is 243 g/mol. The Kier molecular flexibility index (Phi) is 2.47. The van der Waals surface area contributed by atoms with Crippen LogP contribution in [0.25, 0.3) is 0 Å². The molecule has 2 fully saturated rings. The molecule has 0 radical (unpaired) electrons. The fraction of sp³-hybridized carbons (Fsp3) is 0.538. The molecule has 2 aliphatic rings. The maximum Gasteiger partial charge on any atom is 0.166 e. The van der Waals surface area contributed by atoms with E-state index in [4.69, 9.17) is 4.84 Å². The van der Waals surface area contributed by atoms with Gasteiger partial charge in [-0.1, -0.05) is 18.2 Å². The monoisotopic (exact) mass is 257 g/mol. The fourth-order valence-electron chi connectivity index (χ4n) is 3.17. The Labute approximate surface area is 103 Å². The minimum absolute atomic E-state index is 0.000556. The molecule has 3 atom stereocenters. The maximum absolute atomic E-state index is 15.1. The largest absolute Gasteiger partial charge is 0.263 e. The lowest BCUT2D eigenvalue weighted by atomic mass is 9.76. The van der Waals surface area contributed by atoms with Gasteiger partial charge in [-0.2, -0.15) is 0 Å². The first-order chi connectivity index (χ1) is 8.50. The normalized spacial score (nSPS) is 40.1. The van der Waals surface area contributed by atoms with E-state index in [9.17, 15) is 8.87 Å². The molecule has 1 saturated heterocycles.